The zero-order chi connectivity index (χ0) is 13.8. The number of aromatic hydroxyl groups is 1. The number of hydrogen-bond acceptors (Lipinski definition) is 4. The van der Waals surface area contributed by atoms with Gasteiger partial charge in [-0.15, -0.1) is 0 Å². The third-order valence-corrected chi connectivity index (χ3v) is 3.21. The van der Waals surface area contributed by atoms with Crippen LogP contribution in [-0.2, 0) is 14.4 Å². The minimum absolute atomic E-state index is 0.0157. The number of phenolic OH excluding ortho intramolecular Hbond substituents is 1. The third-order valence-electron chi connectivity index (χ3n) is 3.21. The van der Waals surface area contributed by atoms with E-state index in [-0.39, 0.29) is 17.6 Å². The molecule has 0 bridgehead atoms. The molecule has 1 aromatic rings. The first-order chi connectivity index (χ1) is 9.13. The maximum atomic E-state index is 11.9. The molecule has 5 nitrogen and oxygen atoms in total. The molecule has 2 N–H and O–H groups in total. The number of rotatable bonds is 4. The maximum absolute atomic E-state index is 11.9. The molecule has 1 saturated carbocycles. The van der Waals surface area contributed by atoms with E-state index in [0.29, 0.717) is 12.0 Å². The van der Waals surface area contributed by atoms with E-state index < -0.39 is 11.9 Å². The van der Waals surface area contributed by atoms with Crippen molar-refractivity contribution in [3.8, 4) is 5.75 Å². The number of para-hydroxylation sites is 1. The summed E-state index contributed by atoms with van der Waals surface area (Å²) in [4.78, 5) is 28.1. The molecule has 1 amide bonds. The molecule has 0 aliphatic heterocycles. The van der Waals surface area contributed by atoms with Crippen molar-refractivity contribution in [3.05, 3.63) is 29.8 Å². The Balaban J connectivity index is 1.98. The van der Waals surface area contributed by atoms with Crippen LogP contribution in [0, 0.1) is 5.92 Å². The highest BCUT2D eigenvalue weighted by atomic mass is 16.7. The first kappa shape index (κ1) is 13.4. The SMILES string of the molecule is CC[C@@H](C(=O)ONC(=O)C1CC1)c1ccccc1O. The summed E-state index contributed by atoms with van der Waals surface area (Å²) in [5, 5.41) is 9.74. The number of carbonyl (C=O) groups is 2. The Morgan fingerprint density at radius 2 is 2.11 bits per heavy atom. The molecular formula is C14H17NO4. The fraction of sp³-hybridized carbons (Fsp3) is 0.429. The summed E-state index contributed by atoms with van der Waals surface area (Å²) in [7, 11) is 0. The van der Waals surface area contributed by atoms with Crippen molar-refractivity contribution in [3.63, 3.8) is 0 Å². The molecule has 102 valence electrons. The van der Waals surface area contributed by atoms with Gasteiger partial charge < -0.3 is 9.94 Å². The molecule has 5 heteroatoms. The van der Waals surface area contributed by atoms with Crippen LogP contribution in [-0.4, -0.2) is 17.0 Å². The number of hydrogen-bond donors (Lipinski definition) is 2. The predicted octanol–water partition coefficient (Wildman–Crippen LogP) is 1.87. The van der Waals surface area contributed by atoms with Crippen LogP contribution in [0.15, 0.2) is 24.3 Å². The first-order valence-electron chi connectivity index (χ1n) is 6.42. The second-order valence-electron chi connectivity index (χ2n) is 4.68. The Kier molecular flexibility index (Phi) is 4.04. The Hall–Kier alpha value is -2.04. The maximum Gasteiger partial charge on any atom is 0.339 e. The van der Waals surface area contributed by atoms with Gasteiger partial charge in [0.05, 0.1) is 5.92 Å². The molecule has 0 unspecified atom stereocenters. The van der Waals surface area contributed by atoms with Gasteiger partial charge in [-0.25, -0.2) is 4.79 Å². The van der Waals surface area contributed by atoms with Crippen molar-refractivity contribution >= 4 is 11.9 Å². The summed E-state index contributed by atoms with van der Waals surface area (Å²) < 4.78 is 0. The highest BCUT2D eigenvalue weighted by Gasteiger charge is 2.31. The van der Waals surface area contributed by atoms with Crippen molar-refractivity contribution in [1.29, 1.82) is 0 Å². The summed E-state index contributed by atoms with van der Waals surface area (Å²) in [6, 6.07) is 6.63. The molecule has 0 saturated heterocycles. The van der Waals surface area contributed by atoms with Gasteiger partial charge >= 0.3 is 5.97 Å². The van der Waals surface area contributed by atoms with Gasteiger partial charge in [0.15, 0.2) is 0 Å². The summed E-state index contributed by atoms with van der Waals surface area (Å²) in [5.74, 6) is -1.35. The van der Waals surface area contributed by atoms with Crippen LogP contribution in [0.4, 0.5) is 0 Å². The van der Waals surface area contributed by atoms with E-state index in [1.807, 2.05) is 6.92 Å². The third kappa shape index (κ3) is 3.24. The summed E-state index contributed by atoms with van der Waals surface area (Å²) in [6.45, 7) is 1.82. The van der Waals surface area contributed by atoms with Crippen LogP contribution in [0.1, 0.15) is 37.7 Å². The monoisotopic (exact) mass is 263 g/mol. The van der Waals surface area contributed by atoms with Crippen molar-refractivity contribution in [2.24, 2.45) is 5.92 Å². The first-order valence-corrected chi connectivity index (χ1v) is 6.42. The van der Waals surface area contributed by atoms with Crippen molar-refractivity contribution in [2.75, 3.05) is 0 Å². The smallest absolute Gasteiger partial charge is 0.339 e. The molecule has 1 atom stereocenters. The predicted molar refractivity (Wildman–Crippen MR) is 68.1 cm³/mol. The summed E-state index contributed by atoms with van der Waals surface area (Å²) >= 11 is 0. The fourth-order valence-corrected chi connectivity index (χ4v) is 1.90. The second kappa shape index (κ2) is 5.73. The van der Waals surface area contributed by atoms with Gasteiger partial charge in [0.2, 0.25) is 0 Å². The van der Waals surface area contributed by atoms with Crippen molar-refractivity contribution < 1.29 is 19.5 Å². The molecule has 1 aliphatic carbocycles. The lowest BCUT2D eigenvalue weighted by Gasteiger charge is -2.15. The Morgan fingerprint density at radius 3 is 2.68 bits per heavy atom. The van der Waals surface area contributed by atoms with Crippen molar-refractivity contribution in [2.45, 2.75) is 32.1 Å². The number of phenols is 1. The van der Waals surface area contributed by atoms with Crippen LogP contribution >= 0.6 is 0 Å². The van der Waals surface area contributed by atoms with Gasteiger partial charge in [-0.05, 0) is 25.3 Å². The lowest BCUT2D eigenvalue weighted by Crippen LogP contribution is -2.30. The number of carbonyl (C=O) groups excluding carboxylic acids is 2. The van der Waals surface area contributed by atoms with E-state index in [2.05, 4.69) is 5.48 Å². The van der Waals surface area contributed by atoms with E-state index in [1.54, 1.807) is 18.2 Å². The molecule has 1 fully saturated rings. The molecule has 0 spiro atoms. The zero-order valence-corrected chi connectivity index (χ0v) is 10.8. The van der Waals surface area contributed by atoms with E-state index in [0.717, 1.165) is 12.8 Å². The molecule has 1 aliphatic rings. The lowest BCUT2D eigenvalue weighted by molar-refractivity contribution is -0.160. The molecule has 19 heavy (non-hydrogen) atoms. The molecule has 0 radical (unpaired) electrons. The Morgan fingerprint density at radius 1 is 1.42 bits per heavy atom. The fourth-order valence-electron chi connectivity index (χ4n) is 1.90. The zero-order valence-electron chi connectivity index (χ0n) is 10.8. The number of benzene rings is 1. The van der Waals surface area contributed by atoms with E-state index in [1.165, 1.54) is 6.07 Å². The Labute approximate surface area is 111 Å². The highest BCUT2D eigenvalue weighted by Crippen LogP contribution is 2.30. The van der Waals surface area contributed by atoms with Gasteiger partial charge in [-0.2, -0.15) is 5.48 Å². The van der Waals surface area contributed by atoms with Crippen LogP contribution in [0.25, 0.3) is 0 Å². The minimum Gasteiger partial charge on any atom is -0.508 e. The average molecular weight is 263 g/mol. The summed E-state index contributed by atoms with van der Waals surface area (Å²) in [6.07, 6.45) is 2.18. The molecule has 2 rings (SSSR count). The standard InChI is InChI=1S/C14H17NO4/c1-2-10(11-5-3-4-6-12(11)16)14(18)19-15-13(17)9-7-8-9/h3-6,9-10,16H,2,7-8H2,1H3,(H,15,17)/t10-/m1/s1. The molecule has 0 heterocycles. The number of amides is 1. The second-order valence-corrected chi connectivity index (χ2v) is 4.68. The average Bonchev–Trinajstić information content (AvgIpc) is 3.23. The van der Waals surface area contributed by atoms with E-state index in [9.17, 15) is 14.7 Å². The van der Waals surface area contributed by atoms with Crippen LogP contribution in [0.2, 0.25) is 0 Å². The van der Waals surface area contributed by atoms with Gasteiger partial charge in [0, 0.05) is 11.5 Å². The van der Waals surface area contributed by atoms with Crippen LogP contribution in [0.3, 0.4) is 0 Å². The normalized spacial score (nSPS) is 15.6. The highest BCUT2D eigenvalue weighted by molar-refractivity contribution is 5.84. The number of hydroxylamine groups is 1. The molecular weight excluding hydrogens is 246 g/mol. The minimum atomic E-state index is -0.583. The summed E-state index contributed by atoms with van der Waals surface area (Å²) in [5.41, 5.74) is 2.69. The lowest BCUT2D eigenvalue weighted by atomic mass is 9.96. The quantitative estimate of drug-likeness (QED) is 0.813. The van der Waals surface area contributed by atoms with Gasteiger partial charge in [0.25, 0.3) is 5.91 Å². The van der Waals surface area contributed by atoms with Gasteiger partial charge in [-0.3, -0.25) is 4.79 Å². The van der Waals surface area contributed by atoms with Crippen LogP contribution in [0.5, 0.6) is 5.75 Å². The van der Waals surface area contributed by atoms with Gasteiger partial charge in [-0.1, -0.05) is 25.1 Å². The topological polar surface area (TPSA) is 75.6 Å². The Bertz CT molecular complexity index is 482. The van der Waals surface area contributed by atoms with E-state index >= 15 is 0 Å². The molecule has 1 aromatic carbocycles. The number of nitrogens with one attached hydrogen (secondary N) is 1. The van der Waals surface area contributed by atoms with E-state index in [4.69, 9.17) is 4.84 Å². The largest absolute Gasteiger partial charge is 0.508 e. The molecule has 0 aromatic heterocycles. The van der Waals surface area contributed by atoms with Crippen LogP contribution < -0.4 is 5.48 Å². The van der Waals surface area contributed by atoms with Gasteiger partial charge in [0.1, 0.15) is 5.75 Å². The van der Waals surface area contributed by atoms with Crippen molar-refractivity contribution in [1.82, 2.24) is 5.48 Å².